The first kappa shape index (κ1) is 6.89. The minimum atomic E-state index is 0.296. The van der Waals surface area contributed by atoms with Crippen LogP contribution < -0.4 is 0 Å². The number of rotatable bonds is 2. The van der Waals surface area contributed by atoms with E-state index < -0.39 is 0 Å². The van der Waals surface area contributed by atoms with Gasteiger partial charge in [0, 0.05) is 25.7 Å². The molecule has 3 aliphatic rings. The van der Waals surface area contributed by atoms with Gasteiger partial charge in [0.1, 0.15) is 0 Å². The van der Waals surface area contributed by atoms with Gasteiger partial charge in [-0.3, -0.25) is 9.69 Å². The molecule has 3 fully saturated rings. The predicted molar refractivity (Wildman–Crippen MR) is 44.7 cm³/mol. The molecule has 0 bridgehead atoms. The van der Waals surface area contributed by atoms with Gasteiger partial charge in [0.15, 0.2) is 0 Å². The molecule has 3 heteroatoms. The monoisotopic (exact) mass is 166 g/mol. The highest BCUT2D eigenvalue weighted by atomic mass is 16.1. The summed E-state index contributed by atoms with van der Waals surface area (Å²) in [5.41, 5.74) is 0.296. The normalized spacial score (nSPS) is 32.8. The van der Waals surface area contributed by atoms with E-state index in [1.807, 2.05) is 4.90 Å². The molecule has 2 heterocycles. The predicted octanol–water partition coefficient (Wildman–Crippen LogP) is 0.0653. The zero-order valence-corrected chi connectivity index (χ0v) is 7.20. The molecule has 1 aliphatic carbocycles. The summed E-state index contributed by atoms with van der Waals surface area (Å²) in [4.78, 5) is 15.1. The van der Waals surface area contributed by atoms with Crippen LogP contribution in [0.15, 0.2) is 0 Å². The Morgan fingerprint density at radius 2 is 2.08 bits per heavy atom. The highest BCUT2D eigenvalue weighted by molar-refractivity contribution is 5.52. The Labute approximate surface area is 72.3 Å². The smallest absolute Gasteiger partial charge is 0.210 e. The SMILES string of the molecule is O=CN1CCC12CN(C1CC1)C2. The first-order valence-electron chi connectivity index (χ1n) is 4.80. The molecule has 66 valence electrons. The lowest BCUT2D eigenvalue weighted by Gasteiger charge is -2.61. The van der Waals surface area contributed by atoms with Crippen molar-refractivity contribution in [3.63, 3.8) is 0 Å². The second kappa shape index (κ2) is 2.02. The molecule has 3 rings (SSSR count). The Hall–Kier alpha value is -0.570. The summed E-state index contributed by atoms with van der Waals surface area (Å²) in [7, 11) is 0. The minimum absolute atomic E-state index is 0.296. The number of hydrogen-bond acceptors (Lipinski definition) is 2. The van der Waals surface area contributed by atoms with E-state index in [4.69, 9.17) is 0 Å². The fraction of sp³-hybridized carbons (Fsp3) is 0.889. The molecule has 0 aromatic rings. The van der Waals surface area contributed by atoms with Gasteiger partial charge in [-0.15, -0.1) is 0 Å². The van der Waals surface area contributed by atoms with E-state index in [-0.39, 0.29) is 0 Å². The van der Waals surface area contributed by atoms with Gasteiger partial charge in [-0.25, -0.2) is 0 Å². The number of nitrogens with zero attached hydrogens (tertiary/aromatic N) is 2. The first-order chi connectivity index (χ1) is 5.84. The quantitative estimate of drug-likeness (QED) is 0.542. The molecular formula is C9H14N2O. The number of hydrogen-bond donors (Lipinski definition) is 0. The van der Waals surface area contributed by atoms with Crippen molar-refractivity contribution >= 4 is 6.41 Å². The molecule has 3 nitrogen and oxygen atoms in total. The van der Waals surface area contributed by atoms with Crippen molar-refractivity contribution in [3.05, 3.63) is 0 Å². The Morgan fingerprint density at radius 3 is 2.50 bits per heavy atom. The molecule has 1 amide bonds. The average molecular weight is 166 g/mol. The lowest BCUT2D eigenvalue weighted by atomic mass is 9.78. The third-order valence-electron chi connectivity index (χ3n) is 3.61. The zero-order valence-electron chi connectivity index (χ0n) is 7.20. The van der Waals surface area contributed by atoms with Gasteiger partial charge in [-0.05, 0) is 19.3 Å². The standard InChI is InChI=1S/C9H14N2O/c12-7-11-4-3-9(11)5-10(6-9)8-1-2-8/h7-8H,1-6H2. The van der Waals surface area contributed by atoms with Crippen LogP contribution >= 0.6 is 0 Å². The van der Waals surface area contributed by atoms with Gasteiger partial charge in [0.2, 0.25) is 6.41 Å². The summed E-state index contributed by atoms with van der Waals surface area (Å²) in [5.74, 6) is 0. The van der Waals surface area contributed by atoms with Crippen LogP contribution in [-0.4, -0.2) is 47.4 Å². The van der Waals surface area contributed by atoms with Crippen molar-refractivity contribution < 1.29 is 4.79 Å². The van der Waals surface area contributed by atoms with Gasteiger partial charge in [-0.2, -0.15) is 0 Å². The summed E-state index contributed by atoms with van der Waals surface area (Å²) < 4.78 is 0. The van der Waals surface area contributed by atoms with E-state index in [9.17, 15) is 4.79 Å². The van der Waals surface area contributed by atoms with Crippen molar-refractivity contribution in [1.82, 2.24) is 9.80 Å². The Bertz CT molecular complexity index is 219. The van der Waals surface area contributed by atoms with Gasteiger partial charge in [0.25, 0.3) is 0 Å². The fourth-order valence-electron chi connectivity index (χ4n) is 2.47. The zero-order chi connectivity index (χ0) is 8.18. The highest BCUT2D eigenvalue weighted by Gasteiger charge is 2.55. The third kappa shape index (κ3) is 0.724. The largest absolute Gasteiger partial charge is 0.337 e. The average Bonchev–Trinajstić information content (AvgIpc) is 2.66. The van der Waals surface area contributed by atoms with Gasteiger partial charge < -0.3 is 4.90 Å². The van der Waals surface area contributed by atoms with E-state index in [0.29, 0.717) is 5.54 Å². The van der Waals surface area contributed by atoms with Crippen LogP contribution in [0.1, 0.15) is 19.3 Å². The maximum absolute atomic E-state index is 10.6. The molecule has 2 aliphatic heterocycles. The van der Waals surface area contributed by atoms with Crippen LogP contribution in [0, 0.1) is 0 Å². The van der Waals surface area contributed by atoms with E-state index in [1.165, 1.54) is 19.3 Å². The minimum Gasteiger partial charge on any atom is -0.337 e. The number of carbonyl (C=O) groups excluding carboxylic acids is 1. The van der Waals surface area contributed by atoms with E-state index >= 15 is 0 Å². The van der Waals surface area contributed by atoms with Crippen LogP contribution in [-0.2, 0) is 4.79 Å². The lowest BCUT2D eigenvalue weighted by Crippen LogP contribution is -2.76. The molecule has 0 N–H and O–H groups in total. The highest BCUT2D eigenvalue weighted by Crippen LogP contribution is 2.43. The van der Waals surface area contributed by atoms with Crippen molar-refractivity contribution in [3.8, 4) is 0 Å². The van der Waals surface area contributed by atoms with Crippen molar-refractivity contribution in [2.75, 3.05) is 19.6 Å². The molecule has 0 radical (unpaired) electrons. The Kier molecular flexibility index (Phi) is 1.16. The molecule has 2 saturated heterocycles. The topological polar surface area (TPSA) is 23.6 Å². The first-order valence-corrected chi connectivity index (χ1v) is 4.80. The molecule has 1 saturated carbocycles. The van der Waals surface area contributed by atoms with Crippen molar-refractivity contribution in [2.45, 2.75) is 30.8 Å². The maximum atomic E-state index is 10.6. The van der Waals surface area contributed by atoms with Crippen LogP contribution in [0.4, 0.5) is 0 Å². The summed E-state index contributed by atoms with van der Waals surface area (Å²) >= 11 is 0. The van der Waals surface area contributed by atoms with Gasteiger partial charge in [0.05, 0.1) is 5.54 Å². The molecule has 1 spiro atoms. The van der Waals surface area contributed by atoms with Gasteiger partial charge in [-0.1, -0.05) is 0 Å². The van der Waals surface area contributed by atoms with Crippen LogP contribution in [0.3, 0.4) is 0 Å². The van der Waals surface area contributed by atoms with Crippen molar-refractivity contribution in [2.24, 2.45) is 0 Å². The van der Waals surface area contributed by atoms with E-state index in [0.717, 1.165) is 32.1 Å². The van der Waals surface area contributed by atoms with Crippen molar-refractivity contribution in [1.29, 1.82) is 0 Å². The number of amides is 1. The second-order valence-electron chi connectivity index (χ2n) is 4.41. The van der Waals surface area contributed by atoms with E-state index in [1.54, 1.807) is 0 Å². The lowest BCUT2D eigenvalue weighted by molar-refractivity contribution is -0.153. The summed E-state index contributed by atoms with van der Waals surface area (Å²) in [6, 6.07) is 0.879. The molecule has 0 unspecified atom stereocenters. The second-order valence-corrected chi connectivity index (χ2v) is 4.41. The Morgan fingerprint density at radius 1 is 1.33 bits per heavy atom. The molecular weight excluding hydrogens is 152 g/mol. The summed E-state index contributed by atoms with van der Waals surface area (Å²) in [6.07, 6.45) is 5.02. The molecule has 0 atom stereocenters. The van der Waals surface area contributed by atoms with Crippen LogP contribution in [0.2, 0.25) is 0 Å². The molecule has 0 aromatic heterocycles. The third-order valence-corrected chi connectivity index (χ3v) is 3.61. The summed E-state index contributed by atoms with van der Waals surface area (Å²) in [6.45, 7) is 3.29. The fourth-order valence-corrected chi connectivity index (χ4v) is 2.47. The Balaban J connectivity index is 1.62. The number of likely N-dealkylation sites (tertiary alicyclic amines) is 2. The van der Waals surface area contributed by atoms with Crippen LogP contribution in [0.5, 0.6) is 0 Å². The molecule has 12 heavy (non-hydrogen) atoms. The number of carbonyl (C=O) groups is 1. The molecule has 0 aromatic carbocycles. The van der Waals surface area contributed by atoms with Gasteiger partial charge >= 0.3 is 0 Å². The van der Waals surface area contributed by atoms with Crippen LogP contribution in [0.25, 0.3) is 0 Å². The summed E-state index contributed by atoms with van der Waals surface area (Å²) in [5, 5.41) is 0. The maximum Gasteiger partial charge on any atom is 0.210 e. The van der Waals surface area contributed by atoms with E-state index in [2.05, 4.69) is 4.90 Å².